The van der Waals surface area contributed by atoms with E-state index in [0.29, 0.717) is 11.3 Å². The highest BCUT2D eigenvalue weighted by molar-refractivity contribution is 7.99. The van der Waals surface area contributed by atoms with E-state index >= 15 is 0 Å². The van der Waals surface area contributed by atoms with Crippen LogP contribution in [0.4, 0.5) is 0 Å². The number of H-pyrrole nitrogens is 1. The zero-order chi connectivity index (χ0) is 14.1. The summed E-state index contributed by atoms with van der Waals surface area (Å²) in [6, 6.07) is 6.68. The second-order valence-electron chi connectivity index (χ2n) is 5.18. The van der Waals surface area contributed by atoms with Gasteiger partial charge in [-0.05, 0) is 42.9 Å². The minimum Gasteiger partial charge on any atom is -0.497 e. The molecule has 0 saturated heterocycles. The Balaban J connectivity index is 2.06. The van der Waals surface area contributed by atoms with Crippen molar-refractivity contribution >= 4 is 35.0 Å². The second-order valence-corrected chi connectivity index (χ2v) is 7.08. The Kier molecular flexibility index (Phi) is 4.08. The van der Waals surface area contributed by atoms with Gasteiger partial charge in [-0.2, -0.15) is 11.8 Å². The summed E-state index contributed by atoms with van der Waals surface area (Å²) in [6.07, 6.45) is 3.83. The standard InChI is InChI=1S/C15H20N2OS2/c1-3-20-14-6-4-5-13(14)17-12-8-7-10(18-2)9-11(12)16-15(17)19/h7-9,13-14H,3-6H2,1-2H3,(H,16,19). The zero-order valence-corrected chi connectivity index (χ0v) is 13.5. The lowest BCUT2D eigenvalue weighted by Crippen LogP contribution is -2.16. The minimum atomic E-state index is 0.523. The molecule has 3 rings (SSSR count). The van der Waals surface area contributed by atoms with E-state index in [9.17, 15) is 0 Å². The molecule has 1 aliphatic carbocycles. The van der Waals surface area contributed by atoms with Crippen LogP contribution in [-0.4, -0.2) is 27.7 Å². The van der Waals surface area contributed by atoms with Gasteiger partial charge in [-0.25, -0.2) is 0 Å². The van der Waals surface area contributed by atoms with Crippen molar-refractivity contribution in [1.82, 2.24) is 9.55 Å². The number of aromatic nitrogens is 2. The number of aromatic amines is 1. The molecular formula is C15H20N2OS2. The third kappa shape index (κ3) is 2.37. The largest absolute Gasteiger partial charge is 0.497 e. The first-order chi connectivity index (χ1) is 9.74. The summed E-state index contributed by atoms with van der Waals surface area (Å²) in [7, 11) is 1.69. The van der Waals surface area contributed by atoms with E-state index in [0.717, 1.165) is 16.0 Å². The average Bonchev–Trinajstić information content (AvgIpc) is 3.01. The van der Waals surface area contributed by atoms with Crippen molar-refractivity contribution in [3.05, 3.63) is 23.0 Å². The molecular weight excluding hydrogens is 288 g/mol. The van der Waals surface area contributed by atoms with Crippen LogP contribution in [0.1, 0.15) is 32.2 Å². The highest BCUT2D eigenvalue weighted by atomic mass is 32.2. The SMILES string of the molecule is CCSC1CCCC1n1c(=S)[nH]c2cc(OC)ccc21. The predicted molar refractivity (Wildman–Crippen MR) is 88.5 cm³/mol. The molecule has 0 aliphatic heterocycles. The maximum absolute atomic E-state index is 5.56. The number of nitrogens with zero attached hydrogens (tertiary/aromatic N) is 1. The van der Waals surface area contributed by atoms with Crippen LogP contribution in [0.5, 0.6) is 5.75 Å². The van der Waals surface area contributed by atoms with Gasteiger partial charge in [0.1, 0.15) is 5.75 Å². The van der Waals surface area contributed by atoms with Gasteiger partial charge in [0, 0.05) is 17.4 Å². The maximum atomic E-state index is 5.56. The Labute approximate surface area is 128 Å². The predicted octanol–water partition coefficient (Wildman–Crippen LogP) is 4.55. The molecule has 3 nitrogen and oxygen atoms in total. The van der Waals surface area contributed by atoms with Gasteiger partial charge >= 0.3 is 0 Å². The quantitative estimate of drug-likeness (QED) is 0.840. The van der Waals surface area contributed by atoms with Crippen molar-refractivity contribution in [2.45, 2.75) is 37.5 Å². The fraction of sp³-hybridized carbons (Fsp3) is 0.533. The zero-order valence-electron chi connectivity index (χ0n) is 11.9. The Morgan fingerprint density at radius 2 is 2.30 bits per heavy atom. The number of nitrogens with one attached hydrogen (secondary N) is 1. The monoisotopic (exact) mass is 308 g/mol. The molecule has 1 aliphatic rings. The molecule has 1 fully saturated rings. The summed E-state index contributed by atoms with van der Waals surface area (Å²) in [5, 5.41) is 0.688. The number of hydrogen-bond donors (Lipinski definition) is 1. The number of hydrogen-bond acceptors (Lipinski definition) is 3. The van der Waals surface area contributed by atoms with Gasteiger partial charge in [-0.15, -0.1) is 0 Å². The molecule has 1 heterocycles. The molecule has 5 heteroatoms. The lowest BCUT2D eigenvalue weighted by molar-refractivity contribution is 0.415. The van der Waals surface area contributed by atoms with Crippen molar-refractivity contribution in [3.63, 3.8) is 0 Å². The maximum Gasteiger partial charge on any atom is 0.178 e. The van der Waals surface area contributed by atoms with Crippen LogP contribution in [0.2, 0.25) is 0 Å². The van der Waals surface area contributed by atoms with Crippen molar-refractivity contribution < 1.29 is 4.74 Å². The number of thioether (sulfide) groups is 1. The number of rotatable bonds is 4. The molecule has 2 atom stereocenters. The summed E-state index contributed by atoms with van der Waals surface area (Å²) < 4.78 is 8.45. The molecule has 0 amide bonds. The lowest BCUT2D eigenvalue weighted by atomic mass is 10.2. The van der Waals surface area contributed by atoms with Crippen LogP contribution in [0.3, 0.4) is 0 Å². The fourth-order valence-electron chi connectivity index (χ4n) is 3.18. The van der Waals surface area contributed by atoms with E-state index in [4.69, 9.17) is 17.0 Å². The van der Waals surface area contributed by atoms with Crippen LogP contribution < -0.4 is 4.74 Å². The average molecular weight is 308 g/mol. The Hall–Kier alpha value is -0.940. The van der Waals surface area contributed by atoms with Crippen molar-refractivity contribution in [1.29, 1.82) is 0 Å². The number of ether oxygens (including phenoxy) is 1. The number of methoxy groups -OCH3 is 1. The molecule has 1 N–H and O–H groups in total. The molecule has 0 radical (unpaired) electrons. The second kappa shape index (κ2) is 5.82. The molecule has 2 unspecified atom stereocenters. The smallest absolute Gasteiger partial charge is 0.178 e. The Bertz CT molecular complexity index is 661. The van der Waals surface area contributed by atoms with Crippen LogP contribution in [0.15, 0.2) is 18.2 Å². The molecule has 20 heavy (non-hydrogen) atoms. The van der Waals surface area contributed by atoms with E-state index in [1.54, 1.807) is 7.11 Å². The van der Waals surface area contributed by atoms with Crippen LogP contribution in [-0.2, 0) is 0 Å². The van der Waals surface area contributed by atoms with Gasteiger partial charge in [0.25, 0.3) is 0 Å². The normalized spacial score (nSPS) is 22.5. The molecule has 0 spiro atoms. The van der Waals surface area contributed by atoms with Crippen LogP contribution >= 0.6 is 24.0 Å². The van der Waals surface area contributed by atoms with Gasteiger partial charge in [0.15, 0.2) is 4.77 Å². The van der Waals surface area contributed by atoms with Gasteiger partial charge in [0.2, 0.25) is 0 Å². The van der Waals surface area contributed by atoms with Crippen molar-refractivity contribution in [3.8, 4) is 5.75 Å². The van der Waals surface area contributed by atoms with E-state index in [1.165, 1.54) is 30.5 Å². The Morgan fingerprint density at radius 1 is 1.45 bits per heavy atom. The molecule has 108 valence electrons. The third-order valence-electron chi connectivity index (χ3n) is 4.05. The van der Waals surface area contributed by atoms with Crippen LogP contribution in [0, 0.1) is 4.77 Å². The fourth-order valence-corrected chi connectivity index (χ4v) is 4.76. The van der Waals surface area contributed by atoms with E-state index in [-0.39, 0.29) is 0 Å². The molecule has 2 aromatic rings. The summed E-state index contributed by atoms with van der Waals surface area (Å²) >= 11 is 7.63. The van der Waals surface area contributed by atoms with E-state index < -0.39 is 0 Å². The van der Waals surface area contributed by atoms with E-state index in [1.807, 2.05) is 12.1 Å². The summed E-state index contributed by atoms with van der Waals surface area (Å²) in [6.45, 7) is 2.24. The highest BCUT2D eigenvalue weighted by Gasteiger charge is 2.30. The lowest BCUT2D eigenvalue weighted by Gasteiger charge is -2.21. The summed E-state index contributed by atoms with van der Waals surface area (Å²) in [5.41, 5.74) is 2.27. The van der Waals surface area contributed by atoms with Crippen molar-refractivity contribution in [2.24, 2.45) is 0 Å². The topological polar surface area (TPSA) is 29.9 Å². The number of benzene rings is 1. The molecule has 0 bridgehead atoms. The minimum absolute atomic E-state index is 0.523. The summed E-state index contributed by atoms with van der Waals surface area (Å²) in [4.78, 5) is 3.33. The van der Waals surface area contributed by atoms with Crippen molar-refractivity contribution in [2.75, 3.05) is 12.9 Å². The first kappa shape index (κ1) is 14.0. The Morgan fingerprint density at radius 3 is 3.05 bits per heavy atom. The summed E-state index contributed by atoms with van der Waals surface area (Å²) in [5.74, 6) is 2.04. The van der Waals surface area contributed by atoms with Gasteiger partial charge < -0.3 is 14.3 Å². The number of fused-ring (bicyclic) bond motifs is 1. The van der Waals surface area contributed by atoms with E-state index in [2.05, 4.69) is 34.3 Å². The highest BCUT2D eigenvalue weighted by Crippen LogP contribution is 2.40. The molecule has 1 saturated carbocycles. The number of imidazole rings is 1. The molecule has 1 aromatic heterocycles. The van der Waals surface area contributed by atoms with Crippen LogP contribution in [0.25, 0.3) is 11.0 Å². The first-order valence-electron chi connectivity index (χ1n) is 7.14. The third-order valence-corrected chi connectivity index (χ3v) is 5.66. The molecule has 1 aromatic carbocycles. The first-order valence-corrected chi connectivity index (χ1v) is 8.60. The van der Waals surface area contributed by atoms with Gasteiger partial charge in [-0.1, -0.05) is 13.3 Å². The van der Waals surface area contributed by atoms with Gasteiger partial charge in [-0.3, -0.25) is 0 Å². The van der Waals surface area contributed by atoms with Gasteiger partial charge in [0.05, 0.1) is 18.1 Å².